The van der Waals surface area contributed by atoms with Crippen molar-refractivity contribution in [2.45, 2.75) is 11.7 Å². The number of nitrogens with zero attached hydrogens (tertiary/aromatic N) is 2. The van der Waals surface area contributed by atoms with Crippen LogP contribution < -0.4 is 4.74 Å². The molecule has 0 unspecified atom stereocenters. The van der Waals surface area contributed by atoms with Crippen molar-refractivity contribution in [2.75, 3.05) is 12.4 Å². The van der Waals surface area contributed by atoms with E-state index in [1.807, 2.05) is 78.9 Å². The molecular formula is C23H19BrN2O2S. The fraction of sp³-hybridized carbons (Fsp3) is 0.130. The van der Waals surface area contributed by atoms with E-state index in [1.54, 1.807) is 0 Å². The number of rotatable bonds is 8. The number of benzene rings is 3. The third kappa shape index (κ3) is 4.89. The predicted molar refractivity (Wildman–Crippen MR) is 121 cm³/mol. The minimum absolute atomic E-state index is 0.0849. The van der Waals surface area contributed by atoms with Crippen LogP contribution in [0, 0.1) is 0 Å². The number of ether oxygens (including phenoxy) is 1. The summed E-state index contributed by atoms with van der Waals surface area (Å²) in [6, 6.07) is 25.2. The third-order valence-electron chi connectivity index (χ3n) is 4.44. The molecule has 0 N–H and O–H groups in total. The number of carbonyl (C=O) groups excluding carboxylic acids is 1. The maximum absolute atomic E-state index is 12.6. The number of aromatic nitrogens is 2. The second kappa shape index (κ2) is 9.29. The molecule has 0 spiro atoms. The second-order valence-corrected chi connectivity index (χ2v) is 8.27. The Bertz CT molecular complexity index is 1110. The van der Waals surface area contributed by atoms with E-state index >= 15 is 0 Å². The van der Waals surface area contributed by atoms with E-state index in [1.165, 1.54) is 11.8 Å². The fourth-order valence-corrected chi connectivity index (χ4v) is 4.20. The molecule has 0 amide bonds. The van der Waals surface area contributed by atoms with Gasteiger partial charge in [0.1, 0.15) is 12.4 Å². The molecule has 0 bridgehead atoms. The molecule has 4 aromatic rings. The molecule has 4 rings (SSSR count). The lowest BCUT2D eigenvalue weighted by molar-refractivity contribution is 0.102. The molecule has 3 aromatic carbocycles. The molecule has 6 heteroatoms. The number of carbonyl (C=O) groups is 1. The third-order valence-corrected chi connectivity index (χ3v) is 5.95. The minimum Gasteiger partial charge on any atom is -0.492 e. The summed E-state index contributed by atoms with van der Waals surface area (Å²) in [5.74, 6) is 1.27. The lowest BCUT2D eigenvalue weighted by atomic mass is 10.2. The summed E-state index contributed by atoms with van der Waals surface area (Å²) in [6.07, 6.45) is 0. The molecule has 0 aliphatic carbocycles. The van der Waals surface area contributed by atoms with Gasteiger partial charge in [0.15, 0.2) is 10.9 Å². The molecule has 0 fully saturated rings. The van der Waals surface area contributed by atoms with E-state index in [9.17, 15) is 4.79 Å². The SMILES string of the molecule is O=C(CSc1nc2ccccc2n1CCOc1ccccc1)c1ccc(Br)cc1. The van der Waals surface area contributed by atoms with Gasteiger partial charge in [-0.05, 0) is 36.4 Å². The van der Waals surface area contributed by atoms with Gasteiger partial charge in [0.2, 0.25) is 0 Å². The molecule has 0 saturated carbocycles. The first kappa shape index (κ1) is 19.7. The normalized spacial score (nSPS) is 10.9. The second-order valence-electron chi connectivity index (χ2n) is 6.41. The quantitative estimate of drug-likeness (QED) is 0.241. The minimum atomic E-state index is 0.0849. The van der Waals surface area contributed by atoms with Gasteiger partial charge in [-0.3, -0.25) is 4.79 Å². The van der Waals surface area contributed by atoms with Gasteiger partial charge >= 0.3 is 0 Å². The Morgan fingerprint density at radius 3 is 2.48 bits per heavy atom. The molecule has 1 heterocycles. The molecule has 4 nitrogen and oxygen atoms in total. The summed E-state index contributed by atoms with van der Waals surface area (Å²) in [7, 11) is 0. The van der Waals surface area contributed by atoms with Crippen molar-refractivity contribution in [1.82, 2.24) is 9.55 Å². The molecule has 0 atom stereocenters. The van der Waals surface area contributed by atoms with Crippen LogP contribution in [0.2, 0.25) is 0 Å². The summed E-state index contributed by atoms with van der Waals surface area (Å²) in [4.78, 5) is 17.3. The maximum atomic E-state index is 12.6. The number of hydrogen-bond donors (Lipinski definition) is 0. The monoisotopic (exact) mass is 466 g/mol. The van der Waals surface area contributed by atoms with Crippen molar-refractivity contribution in [3.05, 3.63) is 88.9 Å². The first-order valence-corrected chi connectivity index (χ1v) is 11.0. The first-order valence-electron chi connectivity index (χ1n) is 9.25. The van der Waals surface area contributed by atoms with Crippen LogP contribution in [0.5, 0.6) is 5.75 Å². The number of thioether (sulfide) groups is 1. The highest BCUT2D eigenvalue weighted by Gasteiger charge is 2.14. The number of hydrogen-bond acceptors (Lipinski definition) is 4. The van der Waals surface area contributed by atoms with Gasteiger partial charge in [-0.15, -0.1) is 0 Å². The maximum Gasteiger partial charge on any atom is 0.173 e. The Labute approximate surface area is 182 Å². The molecule has 146 valence electrons. The summed E-state index contributed by atoms with van der Waals surface area (Å²) < 4.78 is 8.94. The van der Waals surface area contributed by atoms with Crippen LogP contribution in [0.1, 0.15) is 10.4 Å². The van der Waals surface area contributed by atoms with Crippen LogP contribution in [0.25, 0.3) is 11.0 Å². The average Bonchev–Trinajstić information content (AvgIpc) is 3.11. The smallest absolute Gasteiger partial charge is 0.173 e. The summed E-state index contributed by atoms with van der Waals surface area (Å²) >= 11 is 4.86. The topological polar surface area (TPSA) is 44.1 Å². The van der Waals surface area contributed by atoms with Gasteiger partial charge in [-0.1, -0.05) is 70.2 Å². The number of fused-ring (bicyclic) bond motifs is 1. The van der Waals surface area contributed by atoms with Crippen molar-refractivity contribution in [3.63, 3.8) is 0 Å². The van der Waals surface area contributed by atoms with Crippen molar-refractivity contribution in [2.24, 2.45) is 0 Å². The highest BCUT2D eigenvalue weighted by Crippen LogP contribution is 2.25. The van der Waals surface area contributed by atoms with Crippen molar-refractivity contribution >= 4 is 44.5 Å². The molecule has 0 aliphatic rings. The highest BCUT2D eigenvalue weighted by molar-refractivity contribution is 9.10. The van der Waals surface area contributed by atoms with Gasteiger partial charge in [0.25, 0.3) is 0 Å². The first-order chi connectivity index (χ1) is 14.2. The zero-order valence-electron chi connectivity index (χ0n) is 15.6. The predicted octanol–water partition coefficient (Wildman–Crippen LogP) is 5.85. The Morgan fingerprint density at radius 2 is 1.69 bits per heavy atom. The van der Waals surface area contributed by atoms with Gasteiger partial charge < -0.3 is 9.30 Å². The van der Waals surface area contributed by atoms with Crippen molar-refractivity contribution in [1.29, 1.82) is 0 Å². The highest BCUT2D eigenvalue weighted by atomic mass is 79.9. The Hall–Kier alpha value is -2.57. The van der Waals surface area contributed by atoms with Gasteiger partial charge in [0, 0.05) is 10.0 Å². The van der Waals surface area contributed by atoms with Crippen LogP contribution in [-0.2, 0) is 6.54 Å². The molecule has 0 saturated heterocycles. The summed E-state index contributed by atoms with van der Waals surface area (Å²) in [5.41, 5.74) is 2.67. The Morgan fingerprint density at radius 1 is 0.966 bits per heavy atom. The largest absolute Gasteiger partial charge is 0.492 e. The zero-order chi connectivity index (χ0) is 20.1. The number of halogens is 1. The molecule has 29 heavy (non-hydrogen) atoms. The average molecular weight is 467 g/mol. The number of imidazole rings is 1. The van der Waals surface area contributed by atoms with Crippen LogP contribution in [0.4, 0.5) is 0 Å². The van der Waals surface area contributed by atoms with E-state index in [4.69, 9.17) is 9.72 Å². The van der Waals surface area contributed by atoms with E-state index in [0.29, 0.717) is 24.5 Å². The van der Waals surface area contributed by atoms with Gasteiger partial charge in [-0.25, -0.2) is 4.98 Å². The fourth-order valence-electron chi connectivity index (χ4n) is 3.00. The molecular weight excluding hydrogens is 448 g/mol. The summed E-state index contributed by atoms with van der Waals surface area (Å²) in [6.45, 7) is 1.18. The van der Waals surface area contributed by atoms with E-state index in [2.05, 4.69) is 20.5 Å². The summed E-state index contributed by atoms with van der Waals surface area (Å²) in [5, 5.41) is 0.827. The van der Waals surface area contributed by atoms with E-state index < -0.39 is 0 Å². The van der Waals surface area contributed by atoms with Crippen LogP contribution in [0.15, 0.2) is 88.5 Å². The standard InChI is InChI=1S/C23H19BrN2O2S/c24-18-12-10-17(11-13-18)22(27)16-29-23-25-20-8-4-5-9-21(20)26(23)14-15-28-19-6-2-1-3-7-19/h1-13H,14-16H2. The van der Waals surface area contributed by atoms with E-state index in [-0.39, 0.29) is 5.78 Å². The number of para-hydroxylation sites is 3. The lowest BCUT2D eigenvalue weighted by Crippen LogP contribution is -2.10. The van der Waals surface area contributed by atoms with Crippen molar-refractivity contribution < 1.29 is 9.53 Å². The van der Waals surface area contributed by atoms with E-state index in [0.717, 1.165) is 26.4 Å². The molecule has 0 aliphatic heterocycles. The Balaban J connectivity index is 1.48. The van der Waals surface area contributed by atoms with Crippen molar-refractivity contribution in [3.8, 4) is 5.75 Å². The number of Topliss-reactive ketones (excluding diaryl/α,β-unsaturated/α-hetero) is 1. The van der Waals surface area contributed by atoms with Crippen LogP contribution in [-0.4, -0.2) is 27.7 Å². The lowest BCUT2D eigenvalue weighted by Gasteiger charge is -2.10. The van der Waals surface area contributed by atoms with Gasteiger partial charge in [0.05, 0.1) is 23.3 Å². The van der Waals surface area contributed by atoms with Gasteiger partial charge in [-0.2, -0.15) is 0 Å². The molecule has 1 aromatic heterocycles. The molecule has 0 radical (unpaired) electrons. The number of ketones is 1. The van der Waals surface area contributed by atoms with Crippen LogP contribution >= 0.6 is 27.7 Å². The van der Waals surface area contributed by atoms with Crippen LogP contribution in [0.3, 0.4) is 0 Å². The Kier molecular flexibility index (Phi) is 6.32. The zero-order valence-corrected chi connectivity index (χ0v) is 18.0.